The first-order chi connectivity index (χ1) is 22.0. The van der Waals surface area contributed by atoms with Crippen molar-refractivity contribution in [3.8, 4) is 5.75 Å². The highest BCUT2D eigenvalue weighted by molar-refractivity contribution is 7.92. The number of benzene rings is 4. The van der Waals surface area contributed by atoms with E-state index in [1.54, 1.807) is 49.4 Å². The van der Waals surface area contributed by atoms with Gasteiger partial charge in [-0.3, -0.25) is 13.9 Å². The molecule has 0 aliphatic carbocycles. The van der Waals surface area contributed by atoms with Gasteiger partial charge in [-0.25, -0.2) is 8.42 Å². The maximum Gasteiger partial charge on any atom is 0.264 e. The number of likely N-dealkylation sites (N-methyl/N-ethyl adjacent to an activating group) is 1. The molecule has 0 unspecified atom stereocenters. The topological polar surface area (TPSA) is 96.0 Å². The van der Waals surface area contributed by atoms with Crippen LogP contribution in [0, 0.1) is 0 Å². The fraction of sp³-hybridized carbons (Fsp3) is 0.235. The monoisotopic (exact) mass is 701 g/mol. The summed E-state index contributed by atoms with van der Waals surface area (Å²) in [6.07, 6.45) is 0.177. The Bertz CT molecular complexity index is 1740. The predicted octanol–water partition coefficient (Wildman–Crippen LogP) is 7.02. The molecule has 12 heteroatoms. The molecule has 242 valence electrons. The third-order valence-electron chi connectivity index (χ3n) is 7.09. The minimum Gasteiger partial charge on any atom is -0.494 e. The first-order valence-electron chi connectivity index (χ1n) is 14.6. The van der Waals surface area contributed by atoms with Crippen LogP contribution >= 0.6 is 34.8 Å². The van der Waals surface area contributed by atoms with E-state index in [0.717, 1.165) is 9.87 Å². The first-order valence-corrected chi connectivity index (χ1v) is 17.2. The first kappa shape index (κ1) is 35.1. The van der Waals surface area contributed by atoms with Gasteiger partial charge in [-0.05, 0) is 85.6 Å². The molecule has 1 N–H and O–H groups in total. The Balaban J connectivity index is 1.81. The number of sulfonamides is 1. The maximum absolute atomic E-state index is 14.5. The van der Waals surface area contributed by atoms with E-state index >= 15 is 0 Å². The Morgan fingerprint density at radius 1 is 0.848 bits per heavy atom. The van der Waals surface area contributed by atoms with Gasteiger partial charge in [-0.1, -0.05) is 71.2 Å². The zero-order chi connectivity index (χ0) is 33.3. The van der Waals surface area contributed by atoms with Crippen LogP contribution < -0.4 is 14.4 Å². The van der Waals surface area contributed by atoms with Crippen LogP contribution in [-0.2, 0) is 32.6 Å². The Morgan fingerprint density at radius 2 is 1.50 bits per heavy atom. The summed E-state index contributed by atoms with van der Waals surface area (Å²) >= 11 is 18.7. The van der Waals surface area contributed by atoms with E-state index in [1.807, 2.05) is 37.3 Å². The maximum atomic E-state index is 14.5. The minimum absolute atomic E-state index is 0.0598. The molecule has 0 radical (unpaired) electrons. The molecular formula is C34H34Cl3N3O5S. The van der Waals surface area contributed by atoms with Gasteiger partial charge >= 0.3 is 0 Å². The summed E-state index contributed by atoms with van der Waals surface area (Å²) in [6, 6.07) is 25.2. The van der Waals surface area contributed by atoms with Crippen LogP contribution in [0.2, 0.25) is 15.1 Å². The summed E-state index contributed by atoms with van der Waals surface area (Å²) in [5, 5.41) is 3.90. The van der Waals surface area contributed by atoms with Crippen LogP contribution in [0.3, 0.4) is 0 Å². The van der Waals surface area contributed by atoms with Gasteiger partial charge in [0.05, 0.1) is 17.2 Å². The number of carbonyl (C=O) groups excluding carboxylic acids is 2. The summed E-state index contributed by atoms with van der Waals surface area (Å²) in [5.74, 6) is -0.470. The molecule has 1 atom stereocenters. The van der Waals surface area contributed by atoms with Gasteiger partial charge in [-0.15, -0.1) is 0 Å². The van der Waals surface area contributed by atoms with Gasteiger partial charge in [0, 0.05) is 34.6 Å². The molecule has 0 heterocycles. The van der Waals surface area contributed by atoms with Crippen LogP contribution in [0.1, 0.15) is 25.0 Å². The number of amides is 2. The van der Waals surface area contributed by atoms with Gasteiger partial charge in [0.15, 0.2) is 0 Å². The van der Waals surface area contributed by atoms with Crippen LogP contribution in [0.5, 0.6) is 5.75 Å². The minimum atomic E-state index is -4.28. The van der Waals surface area contributed by atoms with Crippen molar-refractivity contribution in [2.75, 3.05) is 24.0 Å². The number of nitrogens with zero attached hydrogens (tertiary/aromatic N) is 2. The highest BCUT2D eigenvalue weighted by atomic mass is 35.5. The van der Waals surface area contributed by atoms with Crippen LogP contribution in [0.15, 0.2) is 102 Å². The van der Waals surface area contributed by atoms with Crippen molar-refractivity contribution in [1.82, 2.24) is 10.2 Å². The molecule has 4 aromatic carbocycles. The number of anilines is 1. The third kappa shape index (κ3) is 8.94. The molecule has 46 heavy (non-hydrogen) atoms. The Kier molecular flexibility index (Phi) is 12.3. The van der Waals surface area contributed by atoms with E-state index < -0.39 is 34.4 Å². The van der Waals surface area contributed by atoms with Crippen molar-refractivity contribution in [1.29, 1.82) is 0 Å². The van der Waals surface area contributed by atoms with Crippen LogP contribution in [0.25, 0.3) is 0 Å². The van der Waals surface area contributed by atoms with Crippen LogP contribution in [-0.4, -0.2) is 50.9 Å². The van der Waals surface area contributed by atoms with Crippen molar-refractivity contribution < 1.29 is 22.7 Å². The highest BCUT2D eigenvalue weighted by Crippen LogP contribution is 2.29. The Morgan fingerprint density at radius 3 is 2.11 bits per heavy atom. The molecule has 0 fully saturated rings. The van der Waals surface area contributed by atoms with Crippen molar-refractivity contribution in [3.63, 3.8) is 0 Å². The lowest BCUT2D eigenvalue weighted by molar-refractivity contribution is -0.140. The van der Waals surface area contributed by atoms with E-state index in [2.05, 4.69) is 5.32 Å². The van der Waals surface area contributed by atoms with E-state index in [0.29, 0.717) is 39.5 Å². The predicted molar refractivity (Wildman–Crippen MR) is 183 cm³/mol. The molecule has 0 spiro atoms. The summed E-state index contributed by atoms with van der Waals surface area (Å²) in [7, 11) is -4.28. The van der Waals surface area contributed by atoms with Crippen molar-refractivity contribution in [2.45, 2.75) is 37.8 Å². The number of carbonyl (C=O) groups is 2. The van der Waals surface area contributed by atoms with Crippen molar-refractivity contribution in [3.05, 3.63) is 123 Å². The van der Waals surface area contributed by atoms with E-state index in [1.165, 1.54) is 29.2 Å². The quantitative estimate of drug-likeness (QED) is 0.153. The number of nitrogens with one attached hydrogen (secondary N) is 1. The fourth-order valence-electron chi connectivity index (χ4n) is 4.82. The number of hydrogen-bond donors (Lipinski definition) is 1. The second-order valence-electron chi connectivity index (χ2n) is 10.2. The zero-order valence-electron chi connectivity index (χ0n) is 25.3. The van der Waals surface area contributed by atoms with Gasteiger partial charge in [0.2, 0.25) is 11.8 Å². The average Bonchev–Trinajstić information content (AvgIpc) is 3.03. The molecule has 4 aromatic rings. The smallest absolute Gasteiger partial charge is 0.264 e. The van der Waals surface area contributed by atoms with Gasteiger partial charge in [0.25, 0.3) is 10.0 Å². The summed E-state index contributed by atoms with van der Waals surface area (Å²) in [4.78, 5) is 29.4. The van der Waals surface area contributed by atoms with Gasteiger partial charge in [-0.2, -0.15) is 0 Å². The van der Waals surface area contributed by atoms with Gasteiger partial charge in [0.1, 0.15) is 18.3 Å². The largest absolute Gasteiger partial charge is 0.494 e. The number of ether oxygens (including phenoxy) is 1. The number of hydrogen-bond acceptors (Lipinski definition) is 5. The normalized spacial score (nSPS) is 11.8. The summed E-state index contributed by atoms with van der Waals surface area (Å²) in [6.45, 7) is 3.68. The molecule has 8 nitrogen and oxygen atoms in total. The Labute approximate surface area is 284 Å². The zero-order valence-corrected chi connectivity index (χ0v) is 28.4. The van der Waals surface area contributed by atoms with E-state index in [-0.39, 0.29) is 23.5 Å². The molecule has 0 saturated carbocycles. The SMILES string of the molecule is CCNC(=O)[C@H](Cc1ccccc1)N(Cc1ccc(Cl)cc1Cl)C(=O)CN(c1ccc(OCC)cc1)S(=O)(=O)c1ccc(Cl)cc1. The lowest BCUT2D eigenvalue weighted by Crippen LogP contribution is -2.53. The highest BCUT2D eigenvalue weighted by Gasteiger charge is 2.35. The van der Waals surface area contributed by atoms with Crippen molar-refractivity contribution >= 4 is 62.3 Å². The van der Waals surface area contributed by atoms with Crippen molar-refractivity contribution in [2.24, 2.45) is 0 Å². The molecule has 2 amide bonds. The lowest BCUT2D eigenvalue weighted by atomic mass is 10.0. The third-order valence-corrected chi connectivity index (χ3v) is 9.72. The molecule has 0 bridgehead atoms. The molecule has 0 aliphatic rings. The molecule has 0 saturated heterocycles. The van der Waals surface area contributed by atoms with E-state index in [4.69, 9.17) is 39.5 Å². The lowest BCUT2D eigenvalue weighted by Gasteiger charge is -2.34. The number of halogens is 3. The Hall–Kier alpha value is -3.76. The number of rotatable bonds is 14. The standard InChI is InChI=1S/C34H34Cl3N3O5S/c1-3-38-34(42)32(20-24-8-6-5-7-9-24)39(22-25-10-11-27(36)21-31(25)37)33(41)23-40(28-14-16-29(17-15-28)45-4-2)46(43,44)30-18-12-26(35)13-19-30/h5-19,21,32H,3-4,20,22-23H2,1-2H3,(H,38,42)/t32-/m0/s1. The second-order valence-corrected chi connectivity index (χ2v) is 13.4. The summed E-state index contributed by atoms with van der Waals surface area (Å²) < 4.78 is 34.8. The summed E-state index contributed by atoms with van der Waals surface area (Å²) in [5.41, 5.74) is 1.58. The van der Waals surface area contributed by atoms with E-state index in [9.17, 15) is 18.0 Å². The fourth-order valence-corrected chi connectivity index (χ4v) is 6.83. The molecule has 0 aromatic heterocycles. The molecule has 4 rings (SSSR count). The van der Waals surface area contributed by atoms with Crippen LogP contribution in [0.4, 0.5) is 5.69 Å². The average molecular weight is 703 g/mol. The second kappa shape index (κ2) is 16.2. The molecule has 0 aliphatic heterocycles. The molecular weight excluding hydrogens is 669 g/mol. The van der Waals surface area contributed by atoms with Gasteiger partial charge < -0.3 is 15.0 Å².